The van der Waals surface area contributed by atoms with Gasteiger partial charge in [-0.3, -0.25) is 10.1 Å². The molecule has 98 valence electrons. The number of anilines is 1. The second kappa shape index (κ2) is 5.80. The van der Waals surface area contributed by atoms with Crippen molar-refractivity contribution in [3.8, 4) is 0 Å². The Morgan fingerprint density at radius 3 is 2.44 bits per heavy atom. The zero-order valence-corrected chi connectivity index (χ0v) is 10.2. The second-order valence-corrected chi connectivity index (χ2v) is 4.79. The lowest BCUT2D eigenvalue weighted by molar-refractivity contribution is -0.385. The van der Waals surface area contributed by atoms with Gasteiger partial charge in [0.15, 0.2) is 0 Å². The minimum absolute atomic E-state index is 0.203. The highest BCUT2D eigenvalue weighted by Gasteiger charge is 2.15. The number of benzene rings is 1. The van der Waals surface area contributed by atoms with Gasteiger partial charge in [0.05, 0.1) is 11.0 Å². The summed E-state index contributed by atoms with van der Waals surface area (Å²) in [6.07, 6.45) is 6.89. The smallest absolute Gasteiger partial charge is 0.274 e. The maximum atomic E-state index is 13.3. The summed E-state index contributed by atoms with van der Waals surface area (Å²) in [5, 5.41) is 13.9. The van der Waals surface area contributed by atoms with Crippen LogP contribution in [-0.2, 0) is 0 Å². The van der Waals surface area contributed by atoms with Crippen LogP contribution in [0.4, 0.5) is 15.8 Å². The van der Waals surface area contributed by atoms with Gasteiger partial charge in [0.2, 0.25) is 0 Å². The summed E-state index contributed by atoms with van der Waals surface area (Å²) in [7, 11) is 0. The first kappa shape index (κ1) is 12.8. The van der Waals surface area contributed by atoms with E-state index in [-0.39, 0.29) is 5.69 Å². The van der Waals surface area contributed by atoms with Crippen molar-refractivity contribution in [3.05, 3.63) is 34.1 Å². The Balaban J connectivity index is 2.10. The lowest BCUT2D eigenvalue weighted by Crippen LogP contribution is -2.18. The molecule has 1 saturated carbocycles. The molecular weight excluding hydrogens is 235 g/mol. The number of nitrogens with zero attached hydrogens (tertiary/aromatic N) is 1. The summed E-state index contributed by atoms with van der Waals surface area (Å²) >= 11 is 0. The van der Waals surface area contributed by atoms with E-state index in [0.717, 1.165) is 31.7 Å². The molecule has 0 amide bonds. The van der Waals surface area contributed by atoms with Gasteiger partial charge < -0.3 is 5.32 Å². The SMILES string of the molecule is O=[N+]([O-])c1cc(F)cc(NC2CCCCCC2)c1. The average molecular weight is 252 g/mol. The van der Waals surface area contributed by atoms with E-state index in [2.05, 4.69) is 5.32 Å². The van der Waals surface area contributed by atoms with Crippen LogP contribution in [0.2, 0.25) is 0 Å². The van der Waals surface area contributed by atoms with Crippen LogP contribution >= 0.6 is 0 Å². The maximum absolute atomic E-state index is 13.3. The van der Waals surface area contributed by atoms with E-state index in [1.807, 2.05) is 0 Å². The Morgan fingerprint density at radius 2 is 1.83 bits per heavy atom. The van der Waals surface area contributed by atoms with E-state index >= 15 is 0 Å². The molecule has 1 aromatic rings. The number of non-ortho nitro benzene ring substituents is 1. The Kier molecular flexibility index (Phi) is 4.12. The number of halogens is 1. The van der Waals surface area contributed by atoms with Crippen molar-refractivity contribution in [2.24, 2.45) is 0 Å². The van der Waals surface area contributed by atoms with Crippen LogP contribution in [0, 0.1) is 15.9 Å². The molecule has 1 fully saturated rings. The molecule has 1 aliphatic rings. The highest BCUT2D eigenvalue weighted by molar-refractivity contribution is 5.52. The van der Waals surface area contributed by atoms with Crippen LogP contribution in [0.5, 0.6) is 0 Å². The van der Waals surface area contributed by atoms with Gasteiger partial charge in [0.25, 0.3) is 5.69 Å². The summed E-state index contributed by atoms with van der Waals surface area (Å²) in [6, 6.07) is 3.96. The molecule has 2 rings (SSSR count). The molecule has 4 nitrogen and oxygen atoms in total. The minimum atomic E-state index is -0.569. The lowest BCUT2D eigenvalue weighted by atomic mass is 10.1. The fraction of sp³-hybridized carbons (Fsp3) is 0.538. The summed E-state index contributed by atoms with van der Waals surface area (Å²) in [5.74, 6) is -0.569. The molecule has 0 unspecified atom stereocenters. The normalized spacial score (nSPS) is 17.2. The number of nitro groups is 1. The number of hydrogen-bond acceptors (Lipinski definition) is 3. The Morgan fingerprint density at radius 1 is 1.17 bits per heavy atom. The fourth-order valence-corrected chi connectivity index (χ4v) is 2.42. The largest absolute Gasteiger partial charge is 0.382 e. The zero-order valence-electron chi connectivity index (χ0n) is 10.2. The maximum Gasteiger partial charge on any atom is 0.274 e. The van der Waals surface area contributed by atoms with Gasteiger partial charge in [0.1, 0.15) is 5.82 Å². The molecular formula is C13H17FN2O2. The van der Waals surface area contributed by atoms with Crippen LogP contribution < -0.4 is 5.32 Å². The number of hydrogen-bond donors (Lipinski definition) is 1. The van der Waals surface area contributed by atoms with Gasteiger partial charge in [-0.25, -0.2) is 4.39 Å². The van der Waals surface area contributed by atoms with Crippen molar-refractivity contribution >= 4 is 11.4 Å². The minimum Gasteiger partial charge on any atom is -0.382 e. The summed E-state index contributed by atoms with van der Waals surface area (Å²) in [6.45, 7) is 0. The summed E-state index contributed by atoms with van der Waals surface area (Å²) in [5.41, 5.74) is 0.305. The van der Waals surface area contributed by atoms with E-state index < -0.39 is 10.7 Å². The Labute approximate surface area is 105 Å². The molecule has 0 aromatic heterocycles. The van der Waals surface area contributed by atoms with Crippen LogP contribution in [0.25, 0.3) is 0 Å². The first-order valence-corrected chi connectivity index (χ1v) is 6.36. The Bertz CT molecular complexity index is 429. The standard InChI is InChI=1S/C13H17FN2O2/c14-10-7-12(9-13(8-10)16(17)18)15-11-5-3-1-2-4-6-11/h7-9,11,15H,1-6H2. The number of nitrogens with one attached hydrogen (secondary N) is 1. The predicted molar refractivity (Wildman–Crippen MR) is 68.2 cm³/mol. The van der Waals surface area contributed by atoms with Gasteiger partial charge in [-0.1, -0.05) is 25.7 Å². The van der Waals surface area contributed by atoms with Crippen molar-refractivity contribution in [2.75, 3.05) is 5.32 Å². The molecule has 0 saturated heterocycles. The molecule has 0 atom stereocenters. The molecule has 1 aliphatic carbocycles. The average Bonchev–Trinajstić information content (AvgIpc) is 2.57. The predicted octanol–water partition coefficient (Wildman–Crippen LogP) is 3.87. The molecule has 5 heteroatoms. The van der Waals surface area contributed by atoms with Gasteiger partial charge in [-0.05, 0) is 18.9 Å². The molecule has 0 spiro atoms. The van der Waals surface area contributed by atoms with Gasteiger partial charge in [-0.15, -0.1) is 0 Å². The highest BCUT2D eigenvalue weighted by atomic mass is 19.1. The third kappa shape index (κ3) is 3.42. The second-order valence-electron chi connectivity index (χ2n) is 4.79. The molecule has 1 N–H and O–H groups in total. The topological polar surface area (TPSA) is 55.2 Å². The van der Waals surface area contributed by atoms with E-state index in [1.54, 1.807) is 0 Å². The number of rotatable bonds is 3. The highest BCUT2D eigenvalue weighted by Crippen LogP contribution is 2.24. The van der Waals surface area contributed by atoms with Crippen LogP contribution in [-0.4, -0.2) is 11.0 Å². The van der Waals surface area contributed by atoms with Gasteiger partial charge >= 0.3 is 0 Å². The monoisotopic (exact) mass is 252 g/mol. The summed E-state index contributed by atoms with van der Waals surface area (Å²) in [4.78, 5) is 10.1. The van der Waals surface area contributed by atoms with Crippen molar-refractivity contribution in [3.63, 3.8) is 0 Å². The molecule has 0 radical (unpaired) electrons. The molecule has 18 heavy (non-hydrogen) atoms. The molecule has 0 aliphatic heterocycles. The van der Waals surface area contributed by atoms with Crippen molar-refractivity contribution < 1.29 is 9.31 Å². The van der Waals surface area contributed by atoms with Gasteiger partial charge in [-0.2, -0.15) is 0 Å². The van der Waals surface area contributed by atoms with E-state index in [9.17, 15) is 14.5 Å². The van der Waals surface area contributed by atoms with Crippen LogP contribution in [0.1, 0.15) is 38.5 Å². The van der Waals surface area contributed by atoms with Crippen molar-refractivity contribution in [2.45, 2.75) is 44.6 Å². The quantitative estimate of drug-likeness (QED) is 0.504. The van der Waals surface area contributed by atoms with Gasteiger partial charge in [0, 0.05) is 17.8 Å². The van der Waals surface area contributed by atoms with Crippen molar-refractivity contribution in [1.82, 2.24) is 0 Å². The summed E-state index contributed by atoms with van der Waals surface area (Å²) < 4.78 is 13.3. The van der Waals surface area contributed by atoms with E-state index in [0.29, 0.717) is 11.7 Å². The first-order chi connectivity index (χ1) is 8.65. The van der Waals surface area contributed by atoms with Crippen LogP contribution in [0.3, 0.4) is 0 Å². The van der Waals surface area contributed by atoms with Crippen LogP contribution in [0.15, 0.2) is 18.2 Å². The lowest BCUT2D eigenvalue weighted by Gasteiger charge is -2.17. The third-order valence-electron chi connectivity index (χ3n) is 3.32. The number of nitro benzene ring substituents is 1. The first-order valence-electron chi connectivity index (χ1n) is 6.36. The Hall–Kier alpha value is -1.65. The third-order valence-corrected chi connectivity index (χ3v) is 3.32. The molecule has 0 heterocycles. The van der Waals surface area contributed by atoms with E-state index in [4.69, 9.17) is 0 Å². The molecule has 1 aromatic carbocycles. The fourth-order valence-electron chi connectivity index (χ4n) is 2.42. The zero-order chi connectivity index (χ0) is 13.0. The van der Waals surface area contributed by atoms with Crippen molar-refractivity contribution in [1.29, 1.82) is 0 Å². The molecule has 0 bridgehead atoms. The van der Waals surface area contributed by atoms with E-state index in [1.165, 1.54) is 25.0 Å².